The normalized spacial score (nSPS) is 10.6. The third-order valence-corrected chi connectivity index (χ3v) is 3.65. The van der Waals surface area contributed by atoms with E-state index in [1.54, 1.807) is 6.07 Å². The van der Waals surface area contributed by atoms with E-state index in [0.29, 0.717) is 10.7 Å². The number of aromatic nitrogens is 3. The number of nitrogen functional groups attached to an aromatic ring is 1. The van der Waals surface area contributed by atoms with E-state index < -0.39 is 5.91 Å². The summed E-state index contributed by atoms with van der Waals surface area (Å²) < 4.78 is 13.8. The zero-order valence-corrected chi connectivity index (χ0v) is 13.5. The van der Waals surface area contributed by atoms with Crippen molar-refractivity contribution in [2.75, 3.05) is 11.1 Å². The highest BCUT2D eigenvalue weighted by atomic mass is 35.5. The minimum atomic E-state index is -0.570. The number of rotatable bonds is 3. The van der Waals surface area contributed by atoms with Gasteiger partial charge in [0.1, 0.15) is 5.82 Å². The molecule has 0 aliphatic rings. The van der Waals surface area contributed by atoms with E-state index in [1.807, 2.05) is 0 Å². The van der Waals surface area contributed by atoms with Crippen molar-refractivity contribution in [3.63, 3.8) is 0 Å². The summed E-state index contributed by atoms with van der Waals surface area (Å²) in [7, 11) is 0. The Kier molecular flexibility index (Phi) is 4.37. The summed E-state index contributed by atoms with van der Waals surface area (Å²) in [5.74, 6) is -0.977. The van der Waals surface area contributed by atoms with Crippen molar-refractivity contribution in [1.29, 1.82) is 0 Å². The van der Waals surface area contributed by atoms with Gasteiger partial charge in [-0.25, -0.2) is 4.39 Å². The highest BCUT2D eigenvalue weighted by molar-refractivity contribution is 6.35. The van der Waals surface area contributed by atoms with Crippen molar-refractivity contribution in [1.82, 2.24) is 14.8 Å². The van der Waals surface area contributed by atoms with Gasteiger partial charge in [-0.15, -0.1) is 5.10 Å². The quantitative estimate of drug-likeness (QED) is 0.738. The van der Waals surface area contributed by atoms with Crippen molar-refractivity contribution < 1.29 is 9.18 Å². The number of carbonyl (C=O) groups is 1. The smallest absolute Gasteiger partial charge is 0.283 e. The van der Waals surface area contributed by atoms with Crippen LogP contribution in [0.5, 0.6) is 0 Å². The lowest BCUT2D eigenvalue weighted by molar-refractivity contribution is 0.0948. The van der Waals surface area contributed by atoms with Crippen molar-refractivity contribution in [3.8, 4) is 0 Å². The predicted octanol–water partition coefficient (Wildman–Crippen LogP) is 3.74. The van der Waals surface area contributed by atoms with E-state index in [2.05, 4.69) is 15.4 Å². The van der Waals surface area contributed by atoms with Crippen molar-refractivity contribution in [2.45, 2.75) is 0 Å². The molecule has 9 heteroatoms. The van der Waals surface area contributed by atoms with Crippen LogP contribution in [0.3, 0.4) is 0 Å². The first kappa shape index (κ1) is 16.2. The molecule has 24 heavy (non-hydrogen) atoms. The first-order valence-electron chi connectivity index (χ1n) is 6.69. The second kappa shape index (κ2) is 6.46. The third kappa shape index (κ3) is 3.32. The Bertz CT molecular complexity index is 911. The monoisotopic (exact) mass is 365 g/mol. The minimum Gasteiger partial charge on any atom is -0.368 e. The molecule has 6 nitrogen and oxygen atoms in total. The zero-order valence-electron chi connectivity index (χ0n) is 12.0. The molecule has 0 unspecified atom stereocenters. The van der Waals surface area contributed by atoms with Crippen LogP contribution in [0.2, 0.25) is 10.0 Å². The molecule has 3 N–H and O–H groups in total. The molecule has 2 aromatic carbocycles. The minimum absolute atomic E-state index is 0.0885. The number of hydrogen-bond donors (Lipinski definition) is 2. The lowest BCUT2D eigenvalue weighted by atomic mass is 10.2. The molecule has 0 amide bonds. The van der Waals surface area contributed by atoms with Gasteiger partial charge in [0.2, 0.25) is 11.9 Å². The fraction of sp³-hybridized carbons (Fsp3) is 0. The van der Waals surface area contributed by atoms with Gasteiger partial charge >= 0.3 is 0 Å². The lowest BCUT2D eigenvalue weighted by Gasteiger charge is -2.04. The van der Waals surface area contributed by atoms with Gasteiger partial charge in [0, 0.05) is 10.7 Å². The van der Waals surface area contributed by atoms with E-state index in [0.717, 1.165) is 4.68 Å². The summed E-state index contributed by atoms with van der Waals surface area (Å²) in [5.41, 5.74) is 6.43. The van der Waals surface area contributed by atoms with Crippen LogP contribution in [0.25, 0.3) is 0 Å². The Morgan fingerprint density at radius 2 is 1.88 bits per heavy atom. The number of hydrogen-bond acceptors (Lipinski definition) is 5. The second-order valence-electron chi connectivity index (χ2n) is 4.77. The number of nitrogens with one attached hydrogen (secondary N) is 1. The van der Waals surface area contributed by atoms with Crippen molar-refractivity contribution in [2.24, 2.45) is 0 Å². The van der Waals surface area contributed by atoms with E-state index in [4.69, 9.17) is 28.9 Å². The van der Waals surface area contributed by atoms with Crippen molar-refractivity contribution in [3.05, 3.63) is 63.9 Å². The molecular formula is C15H10Cl2FN5O. The summed E-state index contributed by atoms with van der Waals surface area (Å²) in [6, 6.07) is 10.0. The summed E-state index contributed by atoms with van der Waals surface area (Å²) in [4.78, 5) is 16.5. The fourth-order valence-corrected chi connectivity index (χ4v) is 2.33. The Balaban J connectivity index is 1.89. The van der Waals surface area contributed by atoms with Crippen LogP contribution in [-0.4, -0.2) is 20.7 Å². The molecule has 0 aliphatic carbocycles. The van der Waals surface area contributed by atoms with Crippen LogP contribution in [0, 0.1) is 5.82 Å². The number of nitrogens with two attached hydrogens (primary N) is 1. The Hall–Kier alpha value is -2.64. The predicted molar refractivity (Wildman–Crippen MR) is 90.3 cm³/mol. The van der Waals surface area contributed by atoms with Crippen LogP contribution < -0.4 is 11.1 Å². The average molecular weight is 366 g/mol. The molecule has 1 aromatic heterocycles. The molecule has 0 saturated heterocycles. The SMILES string of the molecule is Nc1nc(Nc2ccc(F)cc2)nn1C(=O)c1cc(Cl)ccc1Cl. The van der Waals surface area contributed by atoms with Gasteiger partial charge in [0.25, 0.3) is 5.91 Å². The Morgan fingerprint density at radius 1 is 1.17 bits per heavy atom. The summed E-state index contributed by atoms with van der Waals surface area (Å²) in [6.07, 6.45) is 0. The second-order valence-corrected chi connectivity index (χ2v) is 5.61. The molecule has 122 valence electrons. The van der Waals surface area contributed by atoms with E-state index in [1.165, 1.54) is 36.4 Å². The molecule has 0 aliphatic heterocycles. The van der Waals surface area contributed by atoms with Crippen molar-refractivity contribution >= 4 is 46.7 Å². The standard InChI is InChI=1S/C15H10Cl2FN5O/c16-8-1-6-12(17)11(7-8)13(24)23-14(19)21-15(22-23)20-10-4-2-9(18)3-5-10/h1-7H,(H3,19,20,21,22). The molecule has 0 atom stereocenters. The van der Waals surface area contributed by atoms with Crippen LogP contribution in [0.1, 0.15) is 10.4 Å². The van der Waals surface area contributed by atoms with E-state index >= 15 is 0 Å². The first-order valence-corrected chi connectivity index (χ1v) is 7.44. The first-order chi connectivity index (χ1) is 11.4. The Morgan fingerprint density at radius 3 is 2.58 bits per heavy atom. The number of nitrogens with zero attached hydrogens (tertiary/aromatic N) is 3. The molecular weight excluding hydrogens is 356 g/mol. The Labute approximate surface area is 146 Å². The van der Waals surface area contributed by atoms with Gasteiger partial charge in [-0.05, 0) is 42.5 Å². The van der Waals surface area contributed by atoms with Crippen LogP contribution in [0.4, 0.5) is 22.0 Å². The van der Waals surface area contributed by atoms with E-state index in [-0.39, 0.29) is 28.3 Å². The van der Waals surface area contributed by atoms with Gasteiger partial charge in [-0.2, -0.15) is 9.67 Å². The molecule has 0 spiro atoms. The van der Waals surface area contributed by atoms with Crippen LogP contribution >= 0.6 is 23.2 Å². The topological polar surface area (TPSA) is 85.8 Å². The highest BCUT2D eigenvalue weighted by Gasteiger charge is 2.19. The highest BCUT2D eigenvalue weighted by Crippen LogP contribution is 2.23. The van der Waals surface area contributed by atoms with Gasteiger partial charge in [0.15, 0.2) is 0 Å². The molecule has 3 rings (SSSR count). The lowest BCUT2D eigenvalue weighted by Crippen LogP contribution is -2.17. The molecule has 0 fully saturated rings. The molecule has 0 saturated carbocycles. The summed E-state index contributed by atoms with van der Waals surface area (Å²) in [6.45, 7) is 0. The van der Waals surface area contributed by atoms with Gasteiger partial charge in [-0.3, -0.25) is 4.79 Å². The molecule has 0 radical (unpaired) electrons. The number of anilines is 3. The zero-order chi connectivity index (χ0) is 17.3. The maximum Gasteiger partial charge on any atom is 0.283 e. The summed E-state index contributed by atoms with van der Waals surface area (Å²) in [5, 5.41) is 7.39. The van der Waals surface area contributed by atoms with Gasteiger partial charge in [0.05, 0.1) is 10.6 Å². The maximum atomic E-state index is 12.9. The fourth-order valence-electron chi connectivity index (χ4n) is 1.96. The number of benzene rings is 2. The van der Waals surface area contributed by atoms with Gasteiger partial charge < -0.3 is 11.1 Å². The maximum absolute atomic E-state index is 12.9. The average Bonchev–Trinajstić information content (AvgIpc) is 2.92. The summed E-state index contributed by atoms with van der Waals surface area (Å²) >= 11 is 11.9. The number of halogens is 3. The van der Waals surface area contributed by atoms with Gasteiger partial charge in [-0.1, -0.05) is 23.2 Å². The molecule has 1 heterocycles. The van der Waals surface area contributed by atoms with E-state index in [9.17, 15) is 9.18 Å². The number of carbonyl (C=O) groups excluding carboxylic acids is 1. The molecule has 0 bridgehead atoms. The molecule has 3 aromatic rings. The third-order valence-electron chi connectivity index (χ3n) is 3.08. The largest absolute Gasteiger partial charge is 0.368 e. The van der Waals surface area contributed by atoms with Crippen LogP contribution in [0.15, 0.2) is 42.5 Å². The van der Waals surface area contributed by atoms with Crippen LogP contribution in [-0.2, 0) is 0 Å².